The number of aliphatic hydroxyl groups excluding tert-OH is 1. The second-order valence-corrected chi connectivity index (χ2v) is 7.03. The number of rotatable bonds is 1. The number of amides is 1. The predicted octanol–water partition coefficient (Wildman–Crippen LogP) is 1.72. The molecule has 2 aliphatic heterocycles. The van der Waals surface area contributed by atoms with E-state index in [1.165, 1.54) is 0 Å². The molecule has 6 nitrogen and oxygen atoms in total. The molecule has 0 aliphatic carbocycles. The van der Waals surface area contributed by atoms with Gasteiger partial charge in [0.25, 0.3) is 5.56 Å². The van der Waals surface area contributed by atoms with Crippen molar-refractivity contribution in [3.63, 3.8) is 0 Å². The highest BCUT2D eigenvalue weighted by molar-refractivity contribution is 5.87. The Bertz CT molecular complexity index is 886. The molecule has 1 aromatic carbocycles. The molecule has 2 aliphatic rings. The number of H-pyrrole nitrogens is 1. The van der Waals surface area contributed by atoms with Crippen LogP contribution in [-0.2, 0) is 4.79 Å². The summed E-state index contributed by atoms with van der Waals surface area (Å²) in [5.74, 6) is 0.435. The zero-order valence-corrected chi connectivity index (χ0v) is 13.7. The molecule has 2 aromatic rings. The van der Waals surface area contributed by atoms with Gasteiger partial charge in [0.2, 0.25) is 5.91 Å². The summed E-state index contributed by atoms with van der Waals surface area (Å²) in [6.07, 6.45) is 0.212. The first kappa shape index (κ1) is 15.2. The van der Waals surface area contributed by atoms with Crippen molar-refractivity contribution in [3.8, 4) is 5.75 Å². The molecule has 1 amide bonds. The third-order valence-corrected chi connectivity index (χ3v) is 5.03. The third-order valence-electron chi connectivity index (χ3n) is 5.03. The zero-order valence-electron chi connectivity index (χ0n) is 13.7. The minimum atomic E-state index is -0.977. The number of ether oxygens (including phenoxy) is 1. The summed E-state index contributed by atoms with van der Waals surface area (Å²) in [6, 6.07) is 6.72. The van der Waals surface area contributed by atoms with Crippen LogP contribution in [0.15, 0.2) is 29.1 Å². The minimum absolute atomic E-state index is 0.0322. The number of nitrogens with one attached hydrogen (secondary N) is 1. The number of aromatic amines is 1. The van der Waals surface area contributed by atoms with Crippen LogP contribution in [0, 0.1) is 0 Å². The predicted molar refractivity (Wildman–Crippen MR) is 89.0 cm³/mol. The van der Waals surface area contributed by atoms with Gasteiger partial charge in [0.05, 0.1) is 17.1 Å². The van der Waals surface area contributed by atoms with Gasteiger partial charge in [-0.25, -0.2) is 0 Å². The van der Waals surface area contributed by atoms with Gasteiger partial charge < -0.3 is 19.7 Å². The van der Waals surface area contributed by atoms with E-state index in [1.807, 2.05) is 24.3 Å². The summed E-state index contributed by atoms with van der Waals surface area (Å²) >= 11 is 0. The lowest BCUT2D eigenvalue weighted by Crippen LogP contribution is -2.55. The third kappa shape index (κ3) is 2.06. The molecule has 0 radical (unpaired) electrons. The molecule has 0 unspecified atom stereocenters. The summed E-state index contributed by atoms with van der Waals surface area (Å²) in [7, 11) is 0. The van der Waals surface area contributed by atoms with Crippen LogP contribution in [0.1, 0.15) is 38.3 Å². The average Bonchev–Trinajstić information content (AvgIpc) is 2.95. The number of carbonyl (C=O) groups is 1. The Hall–Kier alpha value is -2.34. The molecule has 2 N–H and O–H groups in total. The van der Waals surface area contributed by atoms with E-state index < -0.39 is 17.7 Å². The maximum absolute atomic E-state index is 12.7. The SMILES string of the molecule is CC1(C)Oc2c(c(=O)[nH]c3ccccc23)[C@H](N2CCCC2=O)[C@H]1O. The van der Waals surface area contributed by atoms with E-state index in [2.05, 4.69) is 4.98 Å². The number of hydrogen-bond donors (Lipinski definition) is 2. The highest BCUT2D eigenvalue weighted by Crippen LogP contribution is 2.44. The largest absolute Gasteiger partial charge is 0.484 e. The summed E-state index contributed by atoms with van der Waals surface area (Å²) in [4.78, 5) is 29.5. The maximum atomic E-state index is 12.7. The van der Waals surface area contributed by atoms with E-state index in [0.717, 1.165) is 11.8 Å². The molecular weight excluding hydrogens is 308 g/mol. The standard InChI is InChI=1S/C18H20N2O4/c1-18(2)16(22)14(20-9-5-8-12(20)21)13-15(24-18)10-6-3-4-7-11(10)19-17(13)23/h3-4,6-7,14,16,22H,5,8-9H2,1-2H3,(H,19,23)/t14-,16+/m0/s1. The second-order valence-electron chi connectivity index (χ2n) is 7.03. The van der Waals surface area contributed by atoms with Crippen molar-refractivity contribution in [2.24, 2.45) is 0 Å². The van der Waals surface area contributed by atoms with Crippen LogP contribution in [0.25, 0.3) is 10.9 Å². The molecule has 1 aromatic heterocycles. The summed E-state index contributed by atoms with van der Waals surface area (Å²) in [5.41, 5.74) is -0.199. The number of benzene rings is 1. The zero-order chi connectivity index (χ0) is 17.1. The fourth-order valence-electron chi connectivity index (χ4n) is 3.76. The lowest BCUT2D eigenvalue weighted by molar-refractivity contribution is -0.139. The number of nitrogens with zero attached hydrogens (tertiary/aromatic N) is 1. The van der Waals surface area contributed by atoms with E-state index in [0.29, 0.717) is 29.8 Å². The molecular formula is C18H20N2O4. The van der Waals surface area contributed by atoms with E-state index >= 15 is 0 Å². The Morgan fingerprint density at radius 2 is 2.04 bits per heavy atom. The summed E-state index contributed by atoms with van der Waals surface area (Å²) in [6.45, 7) is 4.11. The van der Waals surface area contributed by atoms with Gasteiger partial charge in [-0.1, -0.05) is 12.1 Å². The van der Waals surface area contributed by atoms with Crippen molar-refractivity contribution in [1.82, 2.24) is 9.88 Å². The van der Waals surface area contributed by atoms with Gasteiger partial charge in [-0.3, -0.25) is 9.59 Å². The van der Waals surface area contributed by atoms with E-state index in [-0.39, 0.29) is 11.5 Å². The lowest BCUT2D eigenvalue weighted by Gasteiger charge is -2.45. The number of carbonyl (C=O) groups excluding carboxylic acids is 1. The quantitative estimate of drug-likeness (QED) is 0.835. The lowest BCUT2D eigenvalue weighted by atomic mass is 9.85. The van der Waals surface area contributed by atoms with Gasteiger partial charge in [-0.2, -0.15) is 0 Å². The first-order valence-electron chi connectivity index (χ1n) is 8.21. The van der Waals surface area contributed by atoms with Crippen molar-refractivity contribution < 1.29 is 14.6 Å². The van der Waals surface area contributed by atoms with Crippen LogP contribution in [0.2, 0.25) is 0 Å². The summed E-state index contributed by atoms with van der Waals surface area (Å²) in [5, 5.41) is 11.6. The minimum Gasteiger partial charge on any atom is -0.484 e. The molecule has 0 saturated carbocycles. The van der Waals surface area contributed by atoms with Crippen molar-refractivity contribution in [2.75, 3.05) is 6.54 Å². The Balaban J connectivity index is 2.01. The van der Waals surface area contributed by atoms with Gasteiger partial charge in [-0.05, 0) is 32.4 Å². The van der Waals surface area contributed by atoms with Gasteiger partial charge >= 0.3 is 0 Å². The molecule has 1 fully saturated rings. The number of para-hydroxylation sites is 1. The first-order chi connectivity index (χ1) is 11.4. The highest BCUT2D eigenvalue weighted by Gasteiger charge is 2.49. The molecule has 24 heavy (non-hydrogen) atoms. The smallest absolute Gasteiger partial charge is 0.257 e. The molecule has 4 rings (SSSR count). The second kappa shape index (κ2) is 5.08. The number of fused-ring (bicyclic) bond motifs is 3. The van der Waals surface area contributed by atoms with E-state index in [4.69, 9.17) is 4.74 Å². The Kier molecular flexibility index (Phi) is 3.22. The molecule has 1 saturated heterocycles. The molecule has 0 bridgehead atoms. The molecule has 0 spiro atoms. The Morgan fingerprint density at radius 1 is 1.29 bits per heavy atom. The summed E-state index contributed by atoms with van der Waals surface area (Å²) < 4.78 is 6.04. The molecule has 6 heteroatoms. The fourth-order valence-corrected chi connectivity index (χ4v) is 3.76. The van der Waals surface area contributed by atoms with Crippen LogP contribution >= 0.6 is 0 Å². The number of pyridine rings is 1. The van der Waals surface area contributed by atoms with E-state index in [1.54, 1.807) is 18.7 Å². The first-order valence-corrected chi connectivity index (χ1v) is 8.21. The van der Waals surface area contributed by atoms with Gasteiger partial charge in [0, 0.05) is 18.4 Å². The Morgan fingerprint density at radius 3 is 2.75 bits per heavy atom. The van der Waals surface area contributed by atoms with E-state index in [9.17, 15) is 14.7 Å². The monoisotopic (exact) mass is 328 g/mol. The van der Waals surface area contributed by atoms with Crippen LogP contribution in [0.5, 0.6) is 5.75 Å². The fraction of sp³-hybridized carbons (Fsp3) is 0.444. The molecule has 2 atom stereocenters. The normalized spacial score (nSPS) is 25.6. The van der Waals surface area contributed by atoms with Gasteiger partial charge in [0.1, 0.15) is 17.5 Å². The van der Waals surface area contributed by atoms with Crippen molar-refractivity contribution >= 4 is 16.8 Å². The van der Waals surface area contributed by atoms with Crippen LogP contribution in [-0.4, -0.2) is 39.1 Å². The molecule has 3 heterocycles. The van der Waals surface area contributed by atoms with Gasteiger partial charge in [-0.15, -0.1) is 0 Å². The van der Waals surface area contributed by atoms with Crippen molar-refractivity contribution in [1.29, 1.82) is 0 Å². The number of aromatic nitrogens is 1. The highest BCUT2D eigenvalue weighted by atomic mass is 16.5. The molecule has 126 valence electrons. The Labute approximate surface area is 139 Å². The number of hydrogen-bond acceptors (Lipinski definition) is 4. The topological polar surface area (TPSA) is 82.6 Å². The van der Waals surface area contributed by atoms with Gasteiger partial charge in [0.15, 0.2) is 0 Å². The number of likely N-dealkylation sites (tertiary alicyclic amines) is 1. The van der Waals surface area contributed by atoms with Crippen LogP contribution in [0.4, 0.5) is 0 Å². The number of aliphatic hydroxyl groups is 1. The van der Waals surface area contributed by atoms with Crippen molar-refractivity contribution in [3.05, 3.63) is 40.2 Å². The average molecular weight is 328 g/mol. The maximum Gasteiger partial charge on any atom is 0.257 e. The van der Waals surface area contributed by atoms with Crippen molar-refractivity contribution in [2.45, 2.75) is 44.4 Å². The van der Waals surface area contributed by atoms with Crippen LogP contribution < -0.4 is 10.3 Å². The van der Waals surface area contributed by atoms with Crippen LogP contribution in [0.3, 0.4) is 0 Å².